The number of rotatable bonds is 14. The van der Waals surface area contributed by atoms with Crippen molar-refractivity contribution in [2.75, 3.05) is 37.8 Å². The maximum Gasteiger partial charge on any atom is 0.323 e. The van der Waals surface area contributed by atoms with Gasteiger partial charge < -0.3 is 38.8 Å². The van der Waals surface area contributed by atoms with Crippen molar-refractivity contribution < 1.29 is 57.1 Å². The second kappa shape index (κ2) is 13.9. The lowest BCUT2D eigenvalue weighted by atomic mass is 9.93. The summed E-state index contributed by atoms with van der Waals surface area (Å²) >= 11 is 0. The summed E-state index contributed by atoms with van der Waals surface area (Å²) in [6, 6.07) is 14.6. The molecule has 1 aliphatic carbocycles. The third-order valence-corrected chi connectivity index (χ3v) is 6.84. The first-order chi connectivity index (χ1) is 22.5. The Labute approximate surface area is 263 Å². The smallest absolute Gasteiger partial charge is 0.323 e. The molecule has 3 N–H and O–H groups in total. The fraction of sp³-hybridized carbons (Fsp3) is 0.152. The van der Waals surface area contributed by atoms with E-state index in [-0.39, 0.29) is 64.7 Å². The first kappa shape index (κ1) is 32.2. The van der Waals surface area contributed by atoms with Crippen molar-refractivity contribution in [2.24, 2.45) is 0 Å². The molecule has 0 bridgehead atoms. The van der Waals surface area contributed by atoms with Crippen LogP contribution in [-0.4, -0.2) is 66.5 Å². The zero-order valence-electron chi connectivity index (χ0n) is 24.3. The summed E-state index contributed by atoms with van der Waals surface area (Å²) in [6.45, 7) is -1.86. The summed E-state index contributed by atoms with van der Waals surface area (Å²) in [5.74, 6) is -4.96. The first-order valence-electron chi connectivity index (χ1n) is 13.9. The SMILES string of the molecule is O=CCOc1ccccc1OCCOc1cc(-c2c3cc(F)c(=O)cc-3oc3cc(O)c(F)cc23)ccc1N(CC(=O)O)CC(=O)O. The number of phenols is 1. The lowest BCUT2D eigenvalue weighted by Gasteiger charge is -2.25. The second-order valence-corrected chi connectivity index (χ2v) is 10.0. The number of nitrogens with zero attached hydrogens (tertiary/aromatic N) is 1. The molecule has 0 spiro atoms. The molecule has 3 aromatic carbocycles. The quantitative estimate of drug-likeness (QED) is 0.0871. The van der Waals surface area contributed by atoms with Crippen LogP contribution in [0.4, 0.5) is 14.5 Å². The van der Waals surface area contributed by atoms with Crippen LogP contribution in [0.3, 0.4) is 0 Å². The number of ether oxygens (including phenoxy) is 3. The van der Waals surface area contributed by atoms with Crippen LogP contribution >= 0.6 is 0 Å². The minimum Gasteiger partial charge on any atom is -0.505 e. The monoisotopic (exact) mass is 649 g/mol. The minimum atomic E-state index is -1.32. The van der Waals surface area contributed by atoms with Gasteiger partial charge in [-0.1, -0.05) is 18.2 Å². The molecule has 1 heterocycles. The highest BCUT2D eigenvalue weighted by Gasteiger charge is 2.24. The van der Waals surface area contributed by atoms with Crippen LogP contribution in [-0.2, 0) is 14.4 Å². The molecule has 0 amide bonds. The molecule has 242 valence electrons. The maximum atomic E-state index is 14.6. The molecule has 47 heavy (non-hydrogen) atoms. The van der Waals surface area contributed by atoms with Crippen LogP contribution in [0.5, 0.6) is 23.0 Å². The largest absolute Gasteiger partial charge is 0.505 e. The van der Waals surface area contributed by atoms with Crippen LogP contribution in [0.25, 0.3) is 33.4 Å². The molecule has 0 unspecified atom stereocenters. The number of benzene rings is 4. The molecular formula is C33H25F2NO11. The van der Waals surface area contributed by atoms with Crippen LogP contribution in [0.1, 0.15) is 0 Å². The van der Waals surface area contributed by atoms with E-state index in [0.717, 1.165) is 29.2 Å². The number of fused-ring (bicyclic) bond motifs is 2. The lowest BCUT2D eigenvalue weighted by Crippen LogP contribution is -2.34. The van der Waals surface area contributed by atoms with E-state index in [9.17, 15) is 43.3 Å². The lowest BCUT2D eigenvalue weighted by molar-refractivity contribution is -0.136. The Morgan fingerprint density at radius 3 is 2.15 bits per heavy atom. The number of carboxylic acids is 2. The Morgan fingerprint density at radius 1 is 0.830 bits per heavy atom. The molecule has 5 rings (SSSR count). The molecule has 0 atom stereocenters. The van der Waals surface area contributed by atoms with Gasteiger partial charge >= 0.3 is 11.9 Å². The number of aldehydes is 1. The van der Waals surface area contributed by atoms with Crippen LogP contribution in [0.2, 0.25) is 0 Å². The molecular weight excluding hydrogens is 624 g/mol. The van der Waals surface area contributed by atoms with Gasteiger partial charge in [-0.3, -0.25) is 19.2 Å². The summed E-state index contributed by atoms with van der Waals surface area (Å²) < 4.78 is 52.0. The molecule has 0 fully saturated rings. The Kier molecular flexibility index (Phi) is 9.50. The van der Waals surface area contributed by atoms with Crippen molar-refractivity contribution in [3.8, 4) is 45.4 Å². The highest BCUT2D eigenvalue weighted by molar-refractivity contribution is 6.02. The fourth-order valence-corrected chi connectivity index (χ4v) is 4.93. The summed E-state index contributed by atoms with van der Waals surface area (Å²) in [4.78, 5) is 47.2. The van der Waals surface area contributed by atoms with E-state index in [1.807, 2.05) is 0 Å². The van der Waals surface area contributed by atoms with Gasteiger partial charge in [-0.25, -0.2) is 8.78 Å². The number of carbonyl (C=O) groups excluding carboxylic acids is 1. The summed E-state index contributed by atoms with van der Waals surface area (Å²) in [5, 5.41) is 29.0. The van der Waals surface area contributed by atoms with Crippen molar-refractivity contribution in [3.63, 3.8) is 0 Å². The van der Waals surface area contributed by atoms with Gasteiger partial charge in [0.2, 0.25) is 5.43 Å². The number of hydrogen-bond acceptors (Lipinski definition) is 10. The molecule has 2 aliphatic rings. The van der Waals surface area contributed by atoms with E-state index in [0.29, 0.717) is 17.8 Å². The van der Waals surface area contributed by atoms with Gasteiger partial charge in [0.25, 0.3) is 0 Å². The fourth-order valence-electron chi connectivity index (χ4n) is 4.93. The second-order valence-electron chi connectivity index (χ2n) is 10.0. The average Bonchev–Trinajstić information content (AvgIpc) is 3.02. The van der Waals surface area contributed by atoms with Gasteiger partial charge in [-0.2, -0.15) is 0 Å². The summed E-state index contributed by atoms with van der Waals surface area (Å²) in [6.07, 6.45) is 0.576. The molecule has 0 aromatic heterocycles. The molecule has 0 saturated heterocycles. The standard InChI is InChI=1S/C33H25F2NO11/c34-21-12-19-28(14-24(21)38)47-29-15-25(39)22(35)13-20(29)33(19)18-5-6-23(36(16-31(40)41)17-32(42)43)30(11-18)46-10-9-45-27-4-2-1-3-26(27)44-8-7-37/h1-7,11-15,38H,8-10,16-17H2,(H,40,41)(H,42,43). The number of anilines is 1. The number of aliphatic carboxylic acids is 2. The maximum absolute atomic E-state index is 14.6. The number of phenolic OH excluding ortho intramolecular Hbond substituents is 1. The number of carboxylic acid groups (broad SMARTS) is 2. The summed E-state index contributed by atoms with van der Waals surface area (Å²) in [7, 11) is 0. The zero-order chi connectivity index (χ0) is 33.7. The molecule has 0 radical (unpaired) electrons. The van der Waals surface area contributed by atoms with Gasteiger partial charge in [0.15, 0.2) is 35.2 Å². The van der Waals surface area contributed by atoms with Gasteiger partial charge in [0.05, 0.1) is 5.69 Å². The molecule has 14 heteroatoms. The number of aromatic hydroxyl groups is 1. The van der Waals surface area contributed by atoms with Crippen LogP contribution < -0.4 is 24.5 Å². The van der Waals surface area contributed by atoms with E-state index in [1.54, 1.807) is 24.3 Å². The first-order valence-corrected chi connectivity index (χ1v) is 13.9. The third-order valence-electron chi connectivity index (χ3n) is 6.84. The summed E-state index contributed by atoms with van der Waals surface area (Å²) in [5.41, 5.74) is -0.423. The average molecular weight is 650 g/mol. The van der Waals surface area contributed by atoms with Crippen molar-refractivity contribution in [1.82, 2.24) is 0 Å². The van der Waals surface area contributed by atoms with Crippen molar-refractivity contribution >= 4 is 34.9 Å². The van der Waals surface area contributed by atoms with Crippen molar-refractivity contribution in [3.05, 3.63) is 88.6 Å². The van der Waals surface area contributed by atoms with Crippen molar-refractivity contribution in [1.29, 1.82) is 0 Å². The Balaban J connectivity index is 1.60. The third kappa shape index (κ3) is 7.22. The molecule has 1 aliphatic heterocycles. The highest BCUT2D eigenvalue weighted by atomic mass is 19.1. The van der Waals surface area contributed by atoms with Crippen LogP contribution in [0, 0.1) is 11.6 Å². The van der Waals surface area contributed by atoms with E-state index < -0.39 is 47.8 Å². The Bertz CT molecular complexity index is 1990. The van der Waals surface area contributed by atoms with E-state index >= 15 is 0 Å². The van der Waals surface area contributed by atoms with Crippen LogP contribution in [0.15, 0.2) is 75.9 Å². The topological polar surface area (TPSA) is 173 Å². The van der Waals surface area contributed by atoms with E-state index in [1.165, 1.54) is 18.2 Å². The van der Waals surface area contributed by atoms with Gasteiger partial charge in [0.1, 0.15) is 50.0 Å². The molecule has 3 aromatic rings. The van der Waals surface area contributed by atoms with Gasteiger partial charge in [-0.05, 0) is 42.0 Å². The Hall–Kier alpha value is -6.18. The number of halogens is 2. The minimum absolute atomic E-state index is 0.0126. The number of para-hydroxylation sites is 2. The van der Waals surface area contributed by atoms with E-state index in [4.69, 9.17) is 18.6 Å². The highest BCUT2D eigenvalue weighted by Crippen LogP contribution is 2.44. The Morgan fingerprint density at radius 2 is 1.49 bits per heavy atom. The predicted molar refractivity (Wildman–Crippen MR) is 163 cm³/mol. The number of carbonyl (C=O) groups is 3. The molecule has 0 saturated carbocycles. The zero-order valence-corrected chi connectivity index (χ0v) is 24.3. The van der Waals surface area contributed by atoms with E-state index in [2.05, 4.69) is 0 Å². The van der Waals surface area contributed by atoms with Gasteiger partial charge in [0, 0.05) is 28.6 Å². The van der Waals surface area contributed by atoms with Gasteiger partial charge in [-0.15, -0.1) is 0 Å². The predicted octanol–water partition coefficient (Wildman–Crippen LogP) is 4.56. The number of hydrogen-bond donors (Lipinski definition) is 3. The van der Waals surface area contributed by atoms with Crippen molar-refractivity contribution in [2.45, 2.75) is 0 Å². The normalized spacial score (nSPS) is 10.9. The molecule has 12 nitrogen and oxygen atoms in total.